The Labute approximate surface area is 128 Å². The molecule has 21 heavy (non-hydrogen) atoms. The van der Waals surface area contributed by atoms with Crippen LogP contribution in [0.15, 0.2) is 48.8 Å². The number of nitrogens with zero attached hydrogens (tertiary/aromatic N) is 1. The first-order chi connectivity index (χ1) is 10.2. The van der Waals surface area contributed by atoms with Crippen LogP contribution in [0.1, 0.15) is 17.2 Å². The third-order valence-corrected chi connectivity index (χ3v) is 3.21. The molecule has 0 fully saturated rings. The summed E-state index contributed by atoms with van der Waals surface area (Å²) in [6, 6.07) is 9.80. The number of carbonyl (C=O) groups excluding carboxylic acids is 1. The predicted molar refractivity (Wildman–Crippen MR) is 80.9 cm³/mol. The quantitative estimate of drug-likeness (QED) is 0.793. The van der Waals surface area contributed by atoms with Crippen molar-refractivity contribution in [3.8, 4) is 0 Å². The molecule has 1 unspecified atom stereocenters. The minimum Gasteiger partial charge on any atom is -0.394 e. The topological polar surface area (TPSA) is 74.2 Å². The highest BCUT2D eigenvalue weighted by atomic mass is 35.5. The Hall–Kier alpha value is -2.11. The van der Waals surface area contributed by atoms with Crippen molar-refractivity contribution in [3.63, 3.8) is 0 Å². The highest BCUT2D eigenvalue weighted by Gasteiger charge is 2.13. The molecule has 1 aromatic heterocycles. The lowest BCUT2D eigenvalue weighted by Crippen LogP contribution is -2.38. The zero-order valence-electron chi connectivity index (χ0n) is 11.3. The van der Waals surface area contributed by atoms with Gasteiger partial charge in [0.25, 0.3) is 0 Å². The Bertz CT molecular complexity index is 575. The summed E-state index contributed by atoms with van der Waals surface area (Å²) >= 11 is 5.82. The van der Waals surface area contributed by atoms with Gasteiger partial charge in [-0.2, -0.15) is 0 Å². The Morgan fingerprint density at radius 2 is 1.86 bits per heavy atom. The van der Waals surface area contributed by atoms with Gasteiger partial charge >= 0.3 is 6.03 Å². The van der Waals surface area contributed by atoms with Gasteiger partial charge < -0.3 is 15.7 Å². The Kier molecular flexibility index (Phi) is 5.54. The number of aromatic nitrogens is 1. The van der Waals surface area contributed by atoms with Gasteiger partial charge in [0, 0.05) is 24.0 Å². The number of pyridine rings is 1. The van der Waals surface area contributed by atoms with Crippen LogP contribution in [0.2, 0.25) is 5.02 Å². The maximum Gasteiger partial charge on any atom is 0.315 e. The number of urea groups is 1. The second-order valence-corrected chi connectivity index (χ2v) is 4.91. The first kappa shape index (κ1) is 15.3. The van der Waals surface area contributed by atoms with E-state index in [1.807, 2.05) is 12.1 Å². The van der Waals surface area contributed by atoms with Crippen molar-refractivity contribution in [1.82, 2.24) is 15.6 Å². The van der Waals surface area contributed by atoms with E-state index in [2.05, 4.69) is 15.6 Å². The monoisotopic (exact) mass is 305 g/mol. The Balaban J connectivity index is 1.89. The molecule has 0 spiro atoms. The highest BCUT2D eigenvalue weighted by molar-refractivity contribution is 6.30. The summed E-state index contributed by atoms with van der Waals surface area (Å²) in [5.74, 6) is 0. The molecular weight excluding hydrogens is 290 g/mol. The summed E-state index contributed by atoms with van der Waals surface area (Å²) in [5, 5.41) is 15.5. The van der Waals surface area contributed by atoms with E-state index in [0.717, 1.165) is 11.1 Å². The van der Waals surface area contributed by atoms with Crippen LogP contribution in [-0.4, -0.2) is 22.7 Å². The summed E-state index contributed by atoms with van der Waals surface area (Å²) in [5.41, 5.74) is 1.74. The lowest BCUT2D eigenvalue weighted by molar-refractivity contribution is 0.216. The number of halogens is 1. The van der Waals surface area contributed by atoms with Gasteiger partial charge in [0.15, 0.2) is 0 Å². The largest absolute Gasteiger partial charge is 0.394 e. The first-order valence-corrected chi connectivity index (χ1v) is 6.86. The fraction of sp³-hybridized carbons (Fsp3) is 0.200. The van der Waals surface area contributed by atoms with Crippen molar-refractivity contribution in [2.24, 2.45) is 0 Å². The zero-order chi connectivity index (χ0) is 15.1. The van der Waals surface area contributed by atoms with Gasteiger partial charge in [-0.25, -0.2) is 4.79 Å². The number of aliphatic hydroxyl groups is 1. The van der Waals surface area contributed by atoms with Crippen molar-refractivity contribution in [1.29, 1.82) is 0 Å². The molecular formula is C15H16ClN3O2. The van der Waals surface area contributed by atoms with E-state index in [-0.39, 0.29) is 12.6 Å². The van der Waals surface area contributed by atoms with E-state index in [1.165, 1.54) is 0 Å². The van der Waals surface area contributed by atoms with Crippen molar-refractivity contribution in [2.45, 2.75) is 12.6 Å². The molecule has 1 heterocycles. The number of carbonyl (C=O) groups is 1. The van der Waals surface area contributed by atoms with Gasteiger partial charge in [-0.15, -0.1) is 0 Å². The molecule has 0 bridgehead atoms. The molecule has 5 nitrogen and oxygen atoms in total. The molecule has 110 valence electrons. The number of nitrogens with one attached hydrogen (secondary N) is 2. The molecule has 2 amide bonds. The second kappa shape index (κ2) is 7.61. The molecule has 0 aliphatic heterocycles. The van der Waals surface area contributed by atoms with Crippen molar-refractivity contribution >= 4 is 17.6 Å². The maximum absolute atomic E-state index is 11.9. The van der Waals surface area contributed by atoms with Crippen LogP contribution in [-0.2, 0) is 6.54 Å². The average Bonchev–Trinajstić information content (AvgIpc) is 2.52. The number of aliphatic hydroxyl groups excluding tert-OH is 1. The lowest BCUT2D eigenvalue weighted by atomic mass is 10.1. The van der Waals surface area contributed by atoms with Crippen molar-refractivity contribution in [2.75, 3.05) is 6.61 Å². The van der Waals surface area contributed by atoms with Gasteiger partial charge in [-0.1, -0.05) is 23.7 Å². The minimum atomic E-state index is -0.472. The van der Waals surface area contributed by atoms with Gasteiger partial charge in [0.1, 0.15) is 0 Å². The highest BCUT2D eigenvalue weighted by Crippen LogP contribution is 2.16. The number of rotatable bonds is 5. The third kappa shape index (κ3) is 4.73. The molecule has 0 aliphatic carbocycles. The number of hydrogen-bond donors (Lipinski definition) is 3. The fourth-order valence-corrected chi connectivity index (χ4v) is 1.95. The summed E-state index contributed by atoms with van der Waals surface area (Å²) in [7, 11) is 0. The summed E-state index contributed by atoms with van der Waals surface area (Å²) in [4.78, 5) is 15.8. The summed E-state index contributed by atoms with van der Waals surface area (Å²) in [6.07, 6.45) is 3.33. The van der Waals surface area contributed by atoms with Gasteiger partial charge in [0.05, 0.1) is 12.6 Å². The Morgan fingerprint density at radius 3 is 2.48 bits per heavy atom. The molecule has 2 aromatic rings. The Morgan fingerprint density at radius 1 is 1.19 bits per heavy atom. The minimum absolute atomic E-state index is 0.190. The van der Waals surface area contributed by atoms with Crippen molar-refractivity contribution < 1.29 is 9.90 Å². The van der Waals surface area contributed by atoms with E-state index in [0.29, 0.717) is 11.6 Å². The molecule has 1 atom stereocenters. The second-order valence-electron chi connectivity index (χ2n) is 4.47. The van der Waals surface area contributed by atoms with E-state index in [1.54, 1.807) is 36.7 Å². The van der Waals surface area contributed by atoms with Crippen LogP contribution in [0.5, 0.6) is 0 Å². The summed E-state index contributed by atoms with van der Waals surface area (Å²) < 4.78 is 0. The van der Waals surface area contributed by atoms with Crippen LogP contribution in [0.3, 0.4) is 0 Å². The van der Waals surface area contributed by atoms with Gasteiger partial charge in [-0.3, -0.25) is 4.98 Å². The van der Waals surface area contributed by atoms with E-state index < -0.39 is 6.04 Å². The van der Waals surface area contributed by atoms with E-state index >= 15 is 0 Å². The van der Waals surface area contributed by atoms with E-state index in [9.17, 15) is 9.90 Å². The first-order valence-electron chi connectivity index (χ1n) is 6.48. The number of amides is 2. The SMILES string of the molecule is O=C(NCc1ccncc1)NC(CO)c1ccc(Cl)cc1. The molecule has 1 aromatic carbocycles. The molecule has 0 saturated carbocycles. The van der Waals surface area contributed by atoms with Crippen LogP contribution in [0, 0.1) is 0 Å². The molecule has 0 radical (unpaired) electrons. The van der Waals surface area contributed by atoms with E-state index in [4.69, 9.17) is 11.6 Å². The molecule has 0 aliphatic rings. The van der Waals surface area contributed by atoms with Crippen LogP contribution < -0.4 is 10.6 Å². The fourth-order valence-electron chi connectivity index (χ4n) is 1.82. The van der Waals surface area contributed by atoms with Crippen LogP contribution >= 0.6 is 11.6 Å². The zero-order valence-corrected chi connectivity index (χ0v) is 12.0. The third-order valence-electron chi connectivity index (χ3n) is 2.96. The van der Waals surface area contributed by atoms with Gasteiger partial charge in [-0.05, 0) is 35.4 Å². The standard InChI is InChI=1S/C15H16ClN3O2/c16-13-3-1-12(2-4-13)14(10-20)19-15(21)18-9-11-5-7-17-8-6-11/h1-8,14,20H,9-10H2,(H2,18,19,21). The van der Waals surface area contributed by atoms with Crippen molar-refractivity contribution in [3.05, 3.63) is 64.9 Å². The van der Waals surface area contributed by atoms with Crippen LogP contribution in [0.25, 0.3) is 0 Å². The molecule has 6 heteroatoms. The summed E-state index contributed by atoms with van der Waals surface area (Å²) in [6.45, 7) is 0.206. The molecule has 0 saturated heterocycles. The lowest BCUT2D eigenvalue weighted by Gasteiger charge is -2.17. The maximum atomic E-state index is 11.9. The molecule has 3 N–H and O–H groups in total. The van der Waals surface area contributed by atoms with Gasteiger partial charge in [0.2, 0.25) is 0 Å². The smallest absolute Gasteiger partial charge is 0.315 e. The predicted octanol–water partition coefficient (Wildman–Crippen LogP) is 2.27. The molecule has 2 rings (SSSR count). The number of benzene rings is 1. The normalized spacial score (nSPS) is 11.7. The number of hydrogen-bond acceptors (Lipinski definition) is 3. The van der Waals surface area contributed by atoms with Crippen LogP contribution in [0.4, 0.5) is 4.79 Å². The average molecular weight is 306 g/mol.